The Morgan fingerprint density at radius 2 is 1.60 bits per heavy atom. The van der Waals surface area contributed by atoms with Crippen molar-refractivity contribution in [3.05, 3.63) is 65.7 Å². The second-order valence-corrected chi connectivity index (χ2v) is 6.32. The lowest BCUT2D eigenvalue weighted by Gasteiger charge is -2.16. The average Bonchev–Trinajstić information content (AvgIpc) is 2.46. The first-order chi connectivity index (χ1) is 9.55. The standard InChI is InChI=1S/C15H14O4S/c1-12-7-9-14(10-8-12)20(17,18)15(19-11-16)13-5-3-2-4-6-13/h2-11,15H,1H3. The quantitative estimate of drug-likeness (QED) is 0.794. The van der Waals surface area contributed by atoms with Crippen LogP contribution in [0.4, 0.5) is 0 Å². The van der Waals surface area contributed by atoms with E-state index in [9.17, 15) is 13.2 Å². The minimum atomic E-state index is -3.79. The van der Waals surface area contributed by atoms with Crippen molar-refractivity contribution in [1.82, 2.24) is 0 Å². The second-order valence-electron chi connectivity index (χ2n) is 4.33. The van der Waals surface area contributed by atoms with Crippen molar-refractivity contribution < 1.29 is 17.9 Å². The smallest absolute Gasteiger partial charge is 0.294 e. The van der Waals surface area contributed by atoms with E-state index in [4.69, 9.17) is 4.74 Å². The van der Waals surface area contributed by atoms with E-state index in [2.05, 4.69) is 0 Å². The van der Waals surface area contributed by atoms with E-state index < -0.39 is 15.3 Å². The normalized spacial score (nSPS) is 12.7. The van der Waals surface area contributed by atoms with E-state index in [1.165, 1.54) is 12.1 Å². The zero-order valence-electron chi connectivity index (χ0n) is 10.9. The van der Waals surface area contributed by atoms with Crippen LogP contribution in [0.2, 0.25) is 0 Å². The first kappa shape index (κ1) is 14.3. The van der Waals surface area contributed by atoms with Crippen LogP contribution in [0.15, 0.2) is 59.5 Å². The van der Waals surface area contributed by atoms with Crippen molar-refractivity contribution in [2.24, 2.45) is 0 Å². The maximum Gasteiger partial charge on any atom is 0.294 e. The molecule has 20 heavy (non-hydrogen) atoms. The number of benzene rings is 2. The molecule has 2 aromatic rings. The molecule has 0 aliphatic rings. The van der Waals surface area contributed by atoms with Crippen molar-refractivity contribution in [2.75, 3.05) is 0 Å². The molecule has 2 rings (SSSR count). The molecule has 0 fully saturated rings. The number of carbonyl (C=O) groups is 1. The molecule has 0 saturated carbocycles. The molecule has 0 saturated heterocycles. The number of ether oxygens (including phenoxy) is 1. The summed E-state index contributed by atoms with van der Waals surface area (Å²) < 4.78 is 29.9. The van der Waals surface area contributed by atoms with Gasteiger partial charge in [0.2, 0.25) is 15.3 Å². The molecule has 0 aromatic heterocycles. The minimum Gasteiger partial charge on any atom is -0.443 e. The van der Waals surface area contributed by atoms with Gasteiger partial charge in [0.1, 0.15) is 0 Å². The molecule has 0 radical (unpaired) electrons. The van der Waals surface area contributed by atoms with Crippen LogP contribution >= 0.6 is 0 Å². The van der Waals surface area contributed by atoms with Gasteiger partial charge in [-0.2, -0.15) is 0 Å². The van der Waals surface area contributed by atoms with Gasteiger partial charge in [-0.05, 0) is 19.1 Å². The Balaban J connectivity index is 2.48. The molecule has 1 unspecified atom stereocenters. The Morgan fingerprint density at radius 3 is 2.15 bits per heavy atom. The highest BCUT2D eigenvalue weighted by atomic mass is 32.2. The molecule has 104 valence electrons. The maximum absolute atomic E-state index is 12.6. The van der Waals surface area contributed by atoms with E-state index in [1.54, 1.807) is 42.5 Å². The summed E-state index contributed by atoms with van der Waals surface area (Å²) in [7, 11) is -3.79. The average molecular weight is 290 g/mol. The van der Waals surface area contributed by atoms with Crippen molar-refractivity contribution in [2.45, 2.75) is 17.3 Å². The lowest BCUT2D eigenvalue weighted by Crippen LogP contribution is -2.16. The summed E-state index contributed by atoms with van der Waals surface area (Å²) in [6.07, 6.45) is 0. The summed E-state index contributed by atoms with van der Waals surface area (Å²) in [6, 6.07) is 14.8. The highest BCUT2D eigenvalue weighted by Gasteiger charge is 2.30. The Labute approximate surface area is 117 Å². The predicted molar refractivity (Wildman–Crippen MR) is 74.7 cm³/mol. The molecule has 2 aromatic carbocycles. The molecule has 0 aliphatic carbocycles. The van der Waals surface area contributed by atoms with Gasteiger partial charge in [0, 0.05) is 5.56 Å². The van der Waals surface area contributed by atoms with Gasteiger partial charge < -0.3 is 4.74 Å². The van der Waals surface area contributed by atoms with E-state index in [0.29, 0.717) is 5.56 Å². The number of carbonyl (C=O) groups excluding carboxylic acids is 1. The minimum absolute atomic E-state index is 0.124. The fraction of sp³-hybridized carbons (Fsp3) is 0.133. The topological polar surface area (TPSA) is 60.4 Å². The van der Waals surface area contributed by atoms with Crippen LogP contribution in [0.25, 0.3) is 0 Å². The number of hydrogen-bond donors (Lipinski definition) is 0. The Hall–Kier alpha value is -2.14. The first-order valence-electron chi connectivity index (χ1n) is 6.00. The lowest BCUT2D eigenvalue weighted by molar-refractivity contribution is -0.130. The zero-order valence-corrected chi connectivity index (χ0v) is 11.7. The van der Waals surface area contributed by atoms with Gasteiger partial charge in [0.05, 0.1) is 4.90 Å². The largest absolute Gasteiger partial charge is 0.443 e. The maximum atomic E-state index is 12.6. The number of rotatable bonds is 5. The molecular weight excluding hydrogens is 276 g/mol. The van der Waals surface area contributed by atoms with Crippen LogP contribution in [0.3, 0.4) is 0 Å². The molecule has 0 heterocycles. The lowest BCUT2D eigenvalue weighted by atomic mass is 10.2. The third-order valence-electron chi connectivity index (χ3n) is 2.88. The van der Waals surface area contributed by atoms with Crippen molar-refractivity contribution in [1.29, 1.82) is 0 Å². The fourth-order valence-electron chi connectivity index (χ4n) is 1.84. The van der Waals surface area contributed by atoms with E-state index in [-0.39, 0.29) is 11.4 Å². The van der Waals surface area contributed by atoms with Gasteiger partial charge in [-0.25, -0.2) is 8.42 Å². The van der Waals surface area contributed by atoms with Gasteiger partial charge in [0.25, 0.3) is 6.47 Å². The number of sulfone groups is 1. The van der Waals surface area contributed by atoms with Gasteiger partial charge in [0.15, 0.2) is 0 Å². The summed E-state index contributed by atoms with van der Waals surface area (Å²) in [4.78, 5) is 10.8. The van der Waals surface area contributed by atoms with Gasteiger partial charge in [-0.15, -0.1) is 0 Å². The molecular formula is C15H14O4S. The third kappa shape index (κ3) is 2.88. The SMILES string of the molecule is Cc1ccc(S(=O)(=O)C(OC=O)c2ccccc2)cc1. The highest BCUT2D eigenvalue weighted by molar-refractivity contribution is 7.91. The molecule has 0 amide bonds. The molecule has 5 heteroatoms. The molecule has 1 atom stereocenters. The second kappa shape index (κ2) is 5.88. The van der Waals surface area contributed by atoms with E-state index in [1.807, 2.05) is 6.92 Å². The molecule has 0 spiro atoms. The summed E-state index contributed by atoms with van der Waals surface area (Å²) >= 11 is 0. The van der Waals surface area contributed by atoms with Crippen LogP contribution in [-0.4, -0.2) is 14.9 Å². The third-order valence-corrected chi connectivity index (χ3v) is 4.76. The van der Waals surface area contributed by atoms with Crippen LogP contribution in [0.5, 0.6) is 0 Å². The van der Waals surface area contributed by atoms with Gasteiger partial charge >= 0.3 is 0 Å². The summed E-state index contributed by atoms with van der Waals surface area (Å²) in [6.45, 7) is 2.02. The predicted octanol–water partition coefficient (Wildman–Crippen LogP) is 2.64. The monoisotopic (exact) mass is 290 g/mol. The van der Waals surface area contributed by atoms with E-state index in [0.717, 1.165) is 5.56 Å². The highest BCUT2D eigenvalue weighted by Crippen LogP contribution is 2.29. The van der Waals surface area contributed by atoms with Gasteiger partial charge in [-0.1, -0.05) is 48.0 Å². The number of hydrogen-bond acceptors (Lipinski definition) is 4. The van der Waals surface area contributed by atoms with Crippen molar-refractivity contribution in [3.8, 4) is 0 Å². The zero-order chi connectivity index (χ0) is 14.6. The number of aryl methyl sites for hydroxylation is 1. The summed E-state index contributed by atoms with van der Waals surface area (Å²) in [5.74, 6) is 0. The van der Waals surface area contributed by atoms with Crippen LogP contribution in [0, 0.1) is 6.92 Å². The van der Waals surface area contributed by atoms with Crippen molar-refractivity contribution in [3.63, 3.8) is 0 Å². The summed E-state index contributed by atoms with van der Waals surface area (Å²) in [5, 5.41) is 0. The van der Waals surface area contributed by atoms with Crippen LogP contribution in [0.1, 0.15) is 16.6 Å². The summed E-state index contributed by atoms with van der Waals surface area (Å²) in [5.41, 5.74) is 0.0422. The van der Waals surface area contributed by atoms with E-state index >= 15 is 0 Å². The van der Waals surface area contributed by atoms with Crippen LogP contribution in [-0.2, 0) is 19.4 Å². The Bertz CT molecular complexity index is 676. The van der Waals surface area contributed by atoms with Crippen LogP contribution < -0.4 is 0 Å². The molecule has 0 N–H and O–H groups in total. The van der Waals surface area contributed by atoms with Gasteiger partial charge in [-0.3, -0.25) is 4.79 Å². The van der Waals surface area contributed by atoms with Crippen molar-refractivity contribution >= 4 is 16.3 Å². The Kier molecular flexibility index (Phi) is 4.20. The fourth-order valence-corrected chi connectivity index (χ4v) is 3.31. The first-order valence-corrected chi connectivity index (χ1v) is 7.55. The molecule has 4 nitrogen and oxygen atoms in total. The Morgan fingerprint density at radius 1 is 1.00 bits per heavy atom. The molecule has 0 bridgehead atoms. The molecule has 0 aliphatic heterocycles.